The summed E-state index contributed by atoms with van der Waals surface area (Å²) in [5, 5.41) is 6.95. The second kappa shape index (κ2) is 7.81. The molecule has 27 heavy (non-hydrogen) atoms. The fraction of sp³-hybridized carbons (Fsp3) is 0.111. The predicted molar refractivity (Wildman–Crippen MR) is 106 cm³/mol. The van der Waals surface area contributed by atoms with Crippen molar-refractivity contribution in [2.75, 3.05) is 5.32 Å². The van der Waals surface area contributed by atoms with E-state index in [1.165, 1.54) is 26.1 Å². The molecule has 3 rings (SSSR count). The SMILES string of the molecule is Cc1nn(C)c(F)c1C(=O)Nc1ccc(F)cc1Oc1ccc(Cl)cc1I. The monoisotopic (exact) mass is 503 g/mol. The average molecular weight is 504 g/mol. The van der Waals surface area contributed by atoms with E-state index in [0.29, 0.717) is 14.3 Å². The van der Waals surface area contributed by atoms with E-state index in [1.54, 1.807) is 18.2 Å². The summed E-state index contributed by atoms with van der Waals surface area (Å²) in [4.78, 5) is 12.5. The molecule has 1 aromatic heterocycles. The Bertz CT molecular complexity index is 1040. The number of hydrogen-bond donors (Lipinski definition) is 1. The average Bonchev–Trinajstić information content (AvgIpc) is 2.85. The Balaban J connectivity index is 1.93. The minimum absolute atomic E-state index is 0.0746. The molecule has 3 aromatic rings. The fourth-order valence-electron chi connectivity index (χ4n) is 2.43. The highest BCUT2D eigenvalue weighted by molar-refractivity contribution is 14.1. The number of rotatable bonds is 4. The van der Waals surface area contributed by atoms with Crippen LogP contribution >= 0.6 is 34.2 Å². The quantitative estimate of drug-likeness (QED) is 0.491. The molecule has 0 fully saturated rings. The van der Waals surface area contributed by atoms with Crippen LogP contribution in [-0.4, -0.2) is 15.7 Å². The second-order valence-corrected chi connectivity index (χ2v) is 7.24. The van der Waals surface area contributed by atoms with Crippen molar-refractivity contribution in [1.82, 2.24) is 9.78 Å². The number of aromatic nitrogens is 2. The highest BCUT2D eigenvalue weighted by atomic mass is 127. The summed E-state index contributed by atoms with van der Waals surface area (Å²) in [7, 11) is 1.40. The molecule has 0 saturated heterocycles. The van der Waals surface area contributed by atoms with Gasteiger partial charge in [0.25, 0.3) is 5.91 Å². The molecule has 0 bridgehead atoms. The summed E-state index contributed by atoms with van der Waals surface area (Å²) in [5.74, 6) is -1.51. The Hall–Kier alpha value is -2.20. The van der Waals surface area contributed by atoms with E-state index >= 15 is 0 Å². The van der Waals surface area contributed by atoms with Crippen LogP contribution in [0.2, 0.25) is 5.02 Å². The summed E-state index contributed by atoms with van der Waals surface area (Å²) in [5.41, 5.74) is 0.244. The van der Waals surface area contributed by atoms with E-state index in [1.807, 2.05) is 22.6 Å². The Morgan fingerprint density at radius 3 is 2.59 bits per heavy atom. The van der Waals surface area contributed by atoms with Gasteiger partial charge in [-0.25, -0.2) is 9.07 Å². The lowest BCUT2D eigenvalue weighted by Gasteiger charge is -2.13. The van der Waals surface area contributed by atoms with Gasteiger partial charge in [-0.3, -0.25) is 4.79 Å². The maximum absolute atomic E-state index is 14.1. The number of carbonyl (C=O) groups is 1. The predicted octanol–water partition coefficient (Wildman–Crippen LogP) is 5.31. The topological polar surface area (TPSA) is 56.2 Å². The first kappa shape index (κ1) is 19.6. The van der Waals surface area contributed by atoms with Gasteiger partial charge in [-0.1, -0.05) is 11.6 Å². The molecule has 0 aliphatic rings. The molecule has 2 aromatic carbocycles. The van der Waals surface area contributed by atoms with Crippen LogP contribution in [0.5, 0.6) is 11.5 Å². The number of anilines is 1. The van der Waals surface area contributed by atoms with E-state index < -0.39 is 17.7 Å². The number of ether oxygens (including phenoxy) is 1. The molecule has 0 atom stereocenters. The highest BCUT2D eigenvalue weighted by Gasteiger charge is 2.22. The van der Waals surface area contributed by atoms with Crippen molar-refractivity contribution in [2.45, 2.75) is 6.92 Å². The fourth-order valence-corrected chi connectivity index (χ4v) is 3.41. The van der Waals surface area contributed by atoms with Crippen LogP contribution in [0.3, 0.4) is 0 Å². The number of amides is 1. The summed E-state index contributed by atoms with van der Waals surface area (Å²) < 4.78 is 35.3. The van der Waals surface area contributed by atoms with E-state index in [9.17, 15) is 13.6 Å². The first-order valence-electron chi connectivity index (χ1n) is 7.69. The molecule has 0 saturated carbocycles. The van der Waals surface area contributed by atoms with Crippen LogP contribution in [0, 0.1) is 22.3 Å². The lowest BCUT2D eigenvalue weighted by Crippen LogP contribution is -2.15. The van der Waals surface area contributed by atoms with Gasteiger partial charge in [-0.15, -0.1) is 0 Å². The number of benzene rings is 2. The molecule has 0 spiro atoms. The zero-order valence-corrected chi connectivity index (χ0v) is 17.1. The van der Waals surface area contributed by atoms with Crippen LogP contribution in [0.25, 0.3) is 0 Å². The maximum atomic E-state index is 14.1. The van der Waals surface area contributed by atoms with Gasteiger partial charge in [0.15, 0.2) is 5.75 Å². The van der Waals surface area contributed by atoms with Gasteiger partial charge in [0.05, 0.1) is 15.0 Å². The van der Waals surface area contributed by atoms with Gasteiger partial charge in [0, 0.05) is 18.1 Å². The van der Waals surface area contributed by atoms with Gasteiger partial charge in [0.1, 0.15) is 17.1 Å². The molecular formula is C18H13ClF2IN3O2. The Labute approximate surface area is 172 Å². The zero-order chi connectivity index (χ0) is 19.7. The molecular weight excluding hydrogens is 491 g/mol. The number of hydrogen-bond acceptors (Lipinski definition) is 3. The smallest absolute Gasteiger partial charge is 0.262 e. The Kier molecular flexibility index (Phi) is 5.66. The second-order valence-electron chi connectivity index (χ2n) is 5.65. The minimum Gasteiger partial charge on any atom is -0.454 e. The normalized spacial score (nSPS) is 10.7. The lowest BCUT2D eigenvalue weighted by molar-refractivity contribution is 0.102. The number of aryl methyl sites for hydroxylation is 2. The molecule has 9 heteroatoms. The van der Waals surface area contributed by atoms with Crippen molar-refractivity contribution in [3.63, 3.8) is 0 Å². The summed E-state index contributed by atoms with van der Waals surface area (Å²) in [6.45, 7) is 1.52. The van der Waals surface area contributed by atoms with Crippen molar-refractivity contribution in [3.8, 4) is 11.5 Å². The van der Waals surface area contributed by atoms with Gasteiger partial charge >= 0.3 is 0 Å². The summed E-state index contributed by atoms with van der Waals surface area (Å²) >= 11 is 7.95. The van der Waals surface area contributed by atoms with Crippen molar-refractivity contribution >= 4 is 45.8 Å². The molecule has 0 radical (unpaired) electrons. The van der Waals surface area contributed by atoms with Gasteiger partial charge in [-0.2, -0.15) is 9.49 Å². The molecule has 0 unspecified atom stereocenters. The first-order chi connectivity index (χ1) is 12.8. The molecule has 1 N–H and O–H groups in total. The number of carbonyl (C=O) groups excluding carboxylic acids is 1. The van der Waals surface area contributed by atoms with Crippen molar-refractivity contribution < 1.29 is 18.3 Å². The van der Waals surface area contributed by atoms with E-state index in [4.69, 9.17) is 16.3 Å². The Morgan fingerprint density at radius 2 is 1.96 bits per heavy atom. The molecule has 0 aliphatic heterocycles. The number of halogens is 4. The number of nitrogens with one attached hydrogen (secondary N) is 1. The van der Waals surface area contributed by atoms with Crippen LogP contribution < -0.4 is 10.1 Å². The summed E-state index contributed by atoms with van der Waals surface area (Å²) in [6, 6.07) is 8.59. The van der Waals surface area contributed by atoms with Gasteiger partial charge < -0.3 is 10.1 Å². The Morgan fingerprint density at radius 1 is 1.22 bits per heavy atom. The zero-order valence-electron chi connectivity index (χ0n) is 14.2. The highest BCUT2D eigenvalue weighted by Crippen LogP contribution is 2.34. The van der Waals surface area contributed by atoms with Crippen LogP contribution in [0.1, 0.15) is 16.1 Å². The molecule has 1 amide bonds. The van der Waals surface area contributed by atoms with Crippen molar-refractivity contribution in [2.24, 2.45) is 7.05 Å². The van der Waals surface area contributed by atoms with Gasteiger partial charge in [0.2, 0.25) is 5.95 Å². The van der Waals surface area contributed by atoms with Crippen LogP contribution in [0.4, 0.5) is 14.5 Å². The third-order valence-electron chi connectivity index (χ3n) is 3.68. The minimum atomic E-state index is -0.762. The lowest BCUT2D eigenvalue weighted by atomic mass is 10.2. The third kappa shape index (κ3) is 4.22. The molecule has 5 nitrogen and oxygen atoms in total. The van der Waals surface area contributed by atoms with Crippen molar-refractivity contribution in [3.05, 3.63) is 68.0 Å². The summed E-state index contributed by atoms with van der Waals surface area (Å²) in [6.07, 6.45) is 0. The standard InChI is InChI=1S/C18H13ClF2IN3O2/c1-9-16(17(21)25(2)24-9)18(26)23-13-5-4-11(20)8-15(13)27-14-6-3-10(19)7-12(14)22/h3-8H,1-2H3,(H,23,26). The molecule has 0 aliphatic carbocycles. The third-order valence-corrected chi connectivity index (χ3v) is 4.76. The molecule has 1 heterocycles. The van der Waals surface area contributed by atoms with E-state index in [2.05, 4.69) is 10.4 Å². The van der Waals surface area contributed by atoms with E-state index in [-0.39, 0.29) is 22.7 Å². The van der Waals surface area contributed by atoms with Crippen molar-refractivity contribution in [1.29, 1.82) is 0 Å². The molecule has 140 valence electrons. The maximum Gasteiger partial charge on any atom is 0.262 e. The largest absolute Gasteiger partial charge is 0.454 e. The van der Waals surface area contributed by atoms with Crippen LogP contribution in [-0.2, 0) is 7.05 Å². The van der Waals surface area contributed by atoms with Crippen LogP contribution in [0.15, 0.2) is 36.4 Å². The van der Waals surface area contributed by atoms with E-state index in [0.717, 1.165) is 10.7 Å². The van der Waals surface area contributed by atoms with Gasteiger partial charge in [-0.05, 0) is 59.8 Å². The number of nitrogens with zero attached hydrogens (tertiary/aromatic N) is 2. The first-order valence-corrected chi connectivity index (χ1v) is 9.15.